The van der Waals surface area contributed by atoms with E-state index in [4.69, 9.17) is 23.2 Å². The molecule has 0 unspecified atom stereocenters. The highest BCUT2D eigenvalue weighted by Crippen LogP contribution is 2.34. The lowest BCUT2D eigenvalue weighted by atomic mass is 10.1. The Hall–Kier alpha value is -3.10. The monoisotopic (exact) mass is 464 g/mol. The van der Waals surface area contributed by atoms with Gasteiger partial charge >= 0.3 is 6.18 Å². The van der Waals surface area contributed by atoms with E-state index in [1.807, 2.05) is 0 Å². The highest BCUT2D eigenvalue weighted by atomic mass is 35.5. The molecule has 4 aromatic rings. The molecule has 0 saturated heterocycles. The molecule has 0 spiro atoms. The van der Waals surface area contributed by atoms with Gasteiger partial charge in [-0.2, -0.15) is 13.2 Å². The minimum Gasteiger partial charge on any atom is -0.319 e. The van der Waals surface area contributed by atoms with Crippen molar-refractivity contribution in [3.05, 3.63) is 87.9 Å². The third-order valence-electron chi connectivity index (χ3n) is 4.57. The minimum atomic E-state index is -4.72. The van der Waals surface area contributed by atoms with Crippen molar-refractivity contribution in [2.75, 3.05) is 5.32 Å². The molecule has 0 atom stereocenters. The Morgan fingerprint density at radius 1 is 1.00 bits per heavy atom. The first kappa shape index (κ1) is 21.1. The van der Waals surface area contributed by atoms with Gasteiger partial charge in [-0.1, -0.05) is 35.3 Å². The second-order valence-electron chi connectivity index (χ2n) is 6.60. The minimum absolute atomic E-state index is 0.0348. The molecule has 0 radical (unpaired) electrons. The van der Waals surface area contributed by atoms with Crippen LogP contribution in [0.3, 0.4) is 0 Å². The lowest BCUT2D eigenvalue weighted by molar-refractivity contribution is -0.146. The molecule has 0 aliphatic carbocycles. The van der Waals surface area contributed by atoms with Crippen LogP contribution in [-0.4, -0.2) is 20.4 Å². The van der Waals surface area contributed by atoms with Gasteiger partial charge < -0.3 is 9.88 Å². The lowest BCUT2D eigenvalue weighted by Gasteiger charge is -2.11. The van der Waals surface area contributed by atoms with Crippen LogP contribution in [0, 0.1) is 0 Å². The number of halogens is 5. The Morgan fingerprint density at radius 2 is 1.65 bits per heavy atom. The van der Waals surface area contributed by atoms with Crippen LogP contribution in [0.5, 0.6) is 0 Å². The highest BCUT2D eigenvalue weighted by molar-refractivity contribution is 6.40. The van der Waals surface area contributed by atoms with Crippen LogP contribution >= 0.6 is 23.2 Å². The number of pyridine rings is 1. The van der Waals surface area contributed by atoms with Crippen LogP contribution in [0.15, 0.2) is 60.9 Å². The molecule has 2 aromatic heterocycles. The summed E-state index contributed by atoms with van der Waals surface area (Å²) in [6.45, 7) is -0.0880. The van der Waals surface area contributed by atoms with Crippen molar-refractivity contribution in [2.45, 2.75) is 12.7 Å². The number of hydrogen-bond donors (Lipinski definition) is 1. The molecule has 0 aliphatic rings. The first-order chi connectivity index (χ1) is 14.8. The van der Waals surface area contributed by atoms with Crippen molar-refractivity contribution in [1.29, 1.82) is 0 Å². The zero-order valence-corrected chi connectivity index (χ0v) is 17.1. The number of nitrogens with one attached hydrogen (secondary N) is 1. The summed E-state index contributed by atoms with van der Waals surface area (Å²) in [6, 6.07) is 12.3. The van der Waals surface area contributed by atoms with E-state index in [1.165, 1.54) is 42.7 Å². The van der Waals surface area contributed by atoms with Crippen molar-refractivity contribution < 1.29 is 18.0 Å². The van der Waals surface area contributed by atoms with Crippen LogP contribution in [0.4, 0.5) is 18.9 Å². The SMILES string of the molecule is O=C(Nc1c(Cl)cccc1Cl)c1cccc2c1nc(C(F)(F)F)n2Cc1ccncc1. The smallest absolute Gasteiger partial charge is 0.319 e. The van der Waals surface area contributed by atoms with Gasteiger partial charge in [-0.05, 0) is 42.0 Å². The number of benzene rings is 2. The van der Waals surface area contributed by atoms with E-state index in [9.17, 15) is 18.0 Å². The standard InChI is InChI=1S/C21H13Cl2F3N4O/c22-14-4-2-5-15(23)18(14)28-19(31)13-3-1-6-16-17(13)29-20(21(24,25)26)30(16)11-12-7-9-27-10-8-12/h1-10H,11H2,(H,28,31). The number of carbonyl (C=O) groups is 1. The Kier molecular flexibility index (Phi) is 5.60. The Morgan fingerprint density at radius 3 is 2.29 bits per heavy atom. The fourth-order valence-electron chi connectivity index (χ4n) is 3.18. The number of imidazole rings is 1. The molecule has 0 aliphatic heterocycles. The Bertz CT molecular complexity index is 1250. The second kappa shape index (κ2) is 8.20. The number of anilines is 1. The topological polar surface area (TPSA) is 59.8 Å². The maximum Gasteiger partial charge on any atom is 0.449 e. The molecule has 0 saturated carbocycles. The van der Waals surface area contributed by atoms with E-state index in [2.05, 4.69) is 15.3 Å². The molecular weight excluding hydrogens is 452 g/mol. The van der Waals surface area contributed by atoms with E-state index < -0.39 is 17.9 Å². The first-order valence-electron chi connectivity index (χ1n) is 8.96. The van der Waals surface area contributed by atoms with Crippen LogP contribution in [0.2, 0.25) is 10.0 Å². The van der Waals surface area contributed by atoms with Gasteiger partial charge in [0.1, 0.15) is 5.52 Å². The molecule has 2 aromatic carbocycles. The molecule has 10 heteroatoms. The zero-order chi connectivity index (χ0) is 22.2. The van der Waals surface area contributed by atoms with Crippen molar-refractivity contribution in [3.8, 4) is 0 Å². The van der Waals surface area contributed by atoms with Gasteiger partial charge in [0.05, 0.1) is 26.8 Å². The maximum atomic E-state index is 13.7. The quantitative estimate of drug-likeness (QED) is 0.399. The molecule has 31 heavy (non-hydrogen) atoms. The number of amides is 1. The summed E-state index contributed by atoms with van der Waals surface area (Å²) in [6.07, 6.45) is -1.73. The largest absolute Gasteiger partial charge is 0.449 e. The summed E-state index contributed by atoms with van der Waals surface area (Å²) >= 11 is 12.2. The normalized spacial score (nSPS) is 11.6. The lowest BCUT2D eigenvalue weighted by Crippen LogP contribution is -2.15. The van der Waals surface area contributed by atoms with Gasteiger partial charge in [0.15, 0.2) is 0 Å². The summed E-state index contributed by atoms with van der Waals surface area (Å²) in [5.41, 5.74) is 0.830. The number of aromatic nitrogens is 3. The van der Waals surface area contributed by atoms with E-state index in [1.54, 1.807) is 18.2 Å². The fourth-order valence-corrected chi connectivity index (χ4v) is 3.67. The maximum absolute atomic E-state index is 13.7. The van der Waals surface area contributed by atoms with Crippen molar-refractivity contribution in [3.63, 3.8) is 0 Å². The van der Waals surface area contributed by atoms with Crippen LogP contribution in [-0.2, 0) is 12.7 Å². The number of alkyl halides is 3. The third kappa shape index (κ3) is 4.22. The van der Waals surface area contributed by atoms with Gasteiger partial charge in [0, 0.05) is 18.9 Å². The summed E-state index contributed by atoms with van der Waals surface area (Å²) in [7, 11) is 0. The average molecular weight is 465 g/mol. The van der Waals surface area contributed by atoms with Gasteiger partial charge in [0.25, 0.3) is 5.91 Å². The summed E-state index contributed by atoms with van der Waals surface area (Å²) in [5.74, 6) is -1.78. The van der Waals surface area contributed by atoms with Crippen LogP contribution < -0.4 is 5.32 Å². The number of nitrogens with zero attached hydrogens (tertiary/aromatic N) is 3. The number of para-hydroxylation sites is 2. The molecule has 4 rings (SSSR count). The summed E-state index contributed by atoms with van der Waals surface area (Å²) in [5, 5.41) is 2.96. The van der Waals surface area contributed by atoms with Crippen LogP contribution in [0.1, 0.15) is 21.7 Å². The second-order valence-corrected chi connectivity index (χ2v) is 7.41. The van der Waals surface area contributed by atoms with Gasteiger partial charge in [-0.3, -0.25) is 9.78 Å². The highest BCUT2D eigenvalue weighted by Gasteiger charge is 2.38. The predicted molar refractivity (Wildman–Crippen MR) is 112 cm³/mol. The molecule has 158 valence electrons. The number of rotatable bonds is 4. The van der Waals surface area contributed by atoms with Crippen LogP contribution in [0.25, 0.3) is 11.0 Å². The molecule has 0 bridgehead atoms. The van der Waals surface area contributed by atoms with Gasteiger partial charge in [0.2, 0.25) is 5.82 Å². The predicted octanol–water partition coefficient (Wildman–Crippen LogP) is 6.06. The third-order valence-corrected chi connectivity index (χ3v) is 5.20. The van der Waals surface area contributed by atoms with E-state index in [0.29, 0.717) is 5.56 Å². The van der Waals surface area contributed by atoms with Gasteiger partial charge in [-0.15, -0.1) is 0 Å². The summed E-state index contributed by atoms with van der Waals surface area (Å²) in [4.78, 5) is 20.6. The Labute approximate surface area is 184 Å². The number of carbonyl (C=O) groups excluding carboxylic acids is 1. The average Bonchev–Trinajstić information content (AvgIpc) is 3.10. The zero-order valence-electron chi connectivity index (χ0n) is 15.6. The molecule has 5 nitrogen and oxygen atoms in total. The van der Waals surface area contributed by atoms with Crippen molar-refractivity contribution in [2.24, 2.45) is 0 Å². The molecule has 0 fully saturated rings. The first-order valence-corrected chi connectivity index (χ1v) is 9.72. The number of fused-ring (bicyclic) bond motifs is 1. The van der Waals surface area contributed by atoms with E-state index in [-0.39, 0.29) is 38.9 Å². The van der Waals surface area contributed by atoms with Crippen molar-refractivity contribution >= 4 is 45.8 Å². The van der Waals surface area contributed by atoms with E-state index >= 15 is 0 Å². The summed E-state index contributed by atoms with van der Waals surface area (Å²) < 4.78 is 42.3. The fraction of sp³-hybridized carbons (Fsp3) is 0.0952. The molecule has 1 amide bonds. The molecular formula is C21H13Cl2F3N4O. The van der Waals surface area contributed by atoms with E-state index in [0.717, 1.165) is 4.57 Å². The molecule has 1 N–H and O–H groups in total. The Balaban J connectivity index is 1.82. The molecule has 2 heterocycles. The van der Waals surface area contributed by atoms with Crippen molar-refractivity contribution in [1.82, 2.24) is 14.5 Å². The van der Waals surface area contributed by atoms with Gasteiger partial charge in [-0.25, -0.2) is 4.98 Å². The number of hydrogen-bond acceptors (Lipinski definition) is 3.